The number of esters is 1. The van der Waals surface area contributed by atoms with Gasteiger partial charge in [0.15, 0.2) is 5.78 Å². The molecule has 2 N–H and O–H groups in total. The molecular weight excluding hydrogens is 579 g/mol. The lowest BCUT2D eigenvalue weighted by Gasteiger charge is -2.37. The monoisotopic (exact) mass is 628 g/mol. The van der Waals surface area contributed by atoms with E-state index in [0.29, 0.717) is 36.3 Å². The maximum atomic E-state index is 14.2. The SMILES string of the molecule is COC1CCC([C@H]2CCN(C(=O)C3CCC([C@H](N)CF)CC3)[C@H]2C(=O)Cc2ccc3oc(C(=O)OC[C@H](C)OC)cc3c2)CC1. The topological polar surface area (TPSA) is 121 Å². The van der Waals surface area contributed by atoms with Crippen molar-refractivity contribution in [3.05, 3.63) is 35.6 Å². The van der Waals surface area contributed by atoms with E-state index in [1.165, 1.54) is 0 Å². The Morgan fingerprint density at radius 3 is 2.42 bits per heavy atom. The van der Waals surface area contributed by atoms with Crippen molar-refractivity contribution in [3.8, 4) is 0 Å². The lowest BCUT2D eigenvalue weighted by atomic mass is 9.74. The summed E-state index contributed by atoms with van der Waals surface area (Å²) in [6.07, 6.45) is 7.80. The summed E-state index contributed by atoms with van der Waals surface area (Å²) in [5, 5.41) is 0.712. The van der Waals surface area contributed by atoms with Crippen LogP contribution in [0.1, 0.15) is 80.8 Å². The first kappa shape index (κ1) is 33.5. The molecule has 1 aliphatic heterocycles. The predicted molar refractivity (Wildman–Crippen MR) is 167 cm³/mol. The summed E-state index contributed by atoms with van der Waals surface area (Å²) < 4.78 is 34.9. The molecule has 248 valence electrons. The number of fused-ring (bicyclic) bond motifs is 1. The van der Waals surface area contributed by atoms with Gasteiger partial charge in [-0.1, -0.05) is 6.07 Å². The Balaban J connectivity index is 1.31. The molecule has 5 rings (SSSR count). The molecule has 1 aromatic carbocycles. The third-order valence-electron chi connectivity index (χ3n) is 10.6. The average molecular weight is 629 g/mol. The van der Waals surface area contributed by atoms with Crippen LogP contribution >= 0.6 is 0 Å². The van der Waals surface area contributed by atoms with Crippen molar-refractivity contribution in [2.45, 2.75) is 95.4 Å². The summed E-state index contributed by atoms with van der Waals surface area (Å²) in [4.78, 5) is 42.6. The number of nitrogens with two attached hydrogens (primary N) is 1. The van der Waals surface area contributed by atoms with Crippen LogP contribution in [0.2, 0.25) is 0 Å². The van der Waals surface area contributed by atoms with Crippen molar-refractivity contribution in [2.24, 2.45) is 29.4 Å². The summed E-state index contributed by atoms with van der Waals surface area (Å²) in [6, 6.07) is 6.19. The summed E-state index contributed by atoms with van der Waals surface area (Å²) in [5.41, 5.74) is 7.31. The highest BCUT2D eigenvalue weighted by Gasteiger charge is 2.47. The second-order valence-corrected chi connectivity index (χ2v) is 13.4. The van der Waals surface area contributed by atoms with E-state index in [9.17, 15) is 18.8 Å². The molecule has 3 aliphatic rings. The number of furan rings is 1. The van der Waals surface area contributed by atoms with Crippen LogP contribution in [0.3, 0.4) is 0 Å². The molecule has 0 radical (unpaired) electrons. The van der Waals surface area contributed by atoms with E-state index in [0.717, 1.165) is 50.5 Å². The molecule has 2 saturated carbocycles. The number of carbonyl (C=O) groups excluding carboxylic acids is 3. The number of benzene rings is 1. The first-order valence-corrected chi connectivity index (χ1v) is 16.6. The molecule has 2 aliphatic carbocycles. The minimum Gasteiger partial charge on any atom is -0.457 e. The Morgan fingerprint density at radius 1 is 1.02 bits per heavy atom. The van der Waals surface area contributed by atoms with E-state index in [1.807, 2.05) is 17.0 Å². The van der Waals surface area contributed by atoms with Crippen molar-refractivity contribution < 1.29 is 37.4 Å². The van der Waals surface area contributed by atoms with Crippen molar-refractivity contribution >= 4 is 28.6 Å². The van der Waals surface area contributed by atoms with Crippen LogP contribution in [-0.4, -0.2) is 80.9 Å². The summed E-state index contributed by atoms with van der Waals surface area (Å²) >= 11 is 0. The molecule has 0 spiro atoms. The Bertz CT molecular complexity index is 1310. The minimum absolute atomic E-state index is 0.0453. The predicted octanol–water partition coefficient (Wildman–Crippen LogP) is 5.26. The van der Waals surface area contributed by atoms with Crippen LogP contribution in [0.15, 0.2) is 28.7 Å². The van der Waals surface area contributed by atoms with Gasteiger partial charge >= 0.3 is 5.97 Å². The van der Waals surface area contributed by atoms with Gasteiger partial charge in [0.05, 0.1) is 18.2 Å². The van der Waals surface area contributed by atoms with Gasteiger partial charge in [0.1, 0.15) is 18.9 Å². The van der Waals surface area contributed by atoms with Gasteiger partial charge in [-0.2, -0.15) is 0 Å². The zero-order chi connectivity index (χ0) is 32.1. The zero-order valence-electron chi connectivity index (χ0n) is 26.9. The second kappa shape index (κ2) is 15.2. The molecule has 10 heteroatoms. The van der Waals surface area contributed by atoms with Crippen LogP contribution in [0.5, 0.6) is 0 Å². The maximum absolute atomic E-state index is 14.2. The first-order chi connectivity index (χ1) is 21.7. The molecule has 45 heavy (non-hydrogen) atoms. The number of nitrogens with zero attached hydrogens (tertiary/aromatic N) is 1. The summed E-state index contributed by atoms with van der Waals surface area (Å²) in [6.45, 7) is 1.97. The van der Waals surface area contributed by atoms with Crippen molar-refractivity contribution in [3.63, 3.8) is 0 Å². The van der Waals surface area contributed by atoms with Gasteiger partial charge in [0.2, 0.25) is 11.7 Å². The quantitative estimate of drug-likeness (QED) is 0.316. The Labute approximate surface area is 265 Å². The standard InChI is InChI=1S/C35H49FN2O7/c1-21(42-2)20-44-35(41)32-18-26-16-22(4-13-31(26)45-32)17-30(39)33-28(23-9-11-27(43-3)12-10-23)14-15-38(33)34(40)25-7-5-24(6-8-25)29(37)19-36/h4,13,16,18,21,23-25,27-29,33H,5-12,14-15,17,19-20,37H2,1-3H3/t21-,23?,24?,25?,27?,28+,29+,33+/m0/s1. The van der Waals surface area contributed by atoms with Crippen molar-refractivity contribution in [2.75, 3.05) is 34.0 Å². The van der Waals surface area contributed by atoms with E-state index < -0.39 is 24.7 Å². The molecule has 3 fully saturated rings. The molecule has 0 unspecified atom stereocenters. The Morgan fingerprint density at radius 2 is 1.76 bits per heavy atom. The second-order valence-electron chi connectivity index (χ2n) is 13.4. The smallest absolute Gasteiger partial charge is 0.374 e. The van der Waals surface area contributed by atoms with Gasteiger partial charge in [0, 0.05) is 44.5 Å². The number of carbonyl (C=O) groups is 3. The van der Waals surface area contributed by atoms with Gasteiger partial charge in [0.25, 0.3) is 0 Å². The number of likely N-dealkylation sites (tertiary alicyclic amines) is 1. The van der Waals surface area contributed by atoms with Crippen LogP contribution < -0.4 is 5.73 Å². The molecule has 1 saturated heterocycles. The number of rotatable bonds is 12. The fourth-order valence-electron chi connectivity index (χ4n) is 7.82. The number of halogens is 1. The Kier molecular flexibility index (Phi) is 11.3. The molecule has 2 aromatic rings. The van der Waals surface area contributed by atoms with E-state index in [1.54, 1.807) is 33.3 Å². The lowest BCUT2D eigenvalue weighted by Crippen LogP contribution is -2.48. The number of ether oxygens (including phenoxy) is 3. The highest BCUT2D eigenvalue weighted by Crippen LogP contribution is 2.42. The van der Waals surface area contributed by atoms with E-state index >= 15 is 0 Å². The van der Waals surface area contributed by atoms with Gasteiger partial charge in [-0.05, 0) is 106 Å². The number of Topliss-reactive ketones (excluding diaryl/α,β-unsaturated/α-hetero) is 1. The number of ketones is 1. The van der Waals surface area contributed by atoms with Crippen LogP contribution in [-0.2, 0) is 30.2 Å². The van der Waals surface area contributed by atoms with E-state index in [4.69, 9.17) is 24.4 Å². The van der Waals surface area contributed by atoms with Crippen LogP contribution in [0.4, 0.5) is 4.39 Å². The highest BCUT2D eigenvalue weighted by molar-refractivity contribution is 5.94. The third kappa shape index (κ3) is 7.77. The molecule has 1 amide bonds. The zero-order valence-corrected chi connectivity index (χ0v) is 26.9. The first-order valence-electron chi connectivity index (χ1n) is 16.6. The average Bonchev–Trinajstić information content (AvgIpc) is 3.71. The highest BCUT2D eigenvalue weighted by atomic mass is 19.1. The van der Waals surface area contributed by atoms with Crippen LogP contribution in [0, 0.1) is 23.7 Å². The normalized spacial score (nSPS) is 28.6. The largest absolute Gasteiger partial charge is 0.457 e. The van der Waals surface area contributed by atoms with Gasteiger partial charge in [-0.15, -0.1) is 0 Å². The van der Waals surface area contributed by atoms with Gasteiger partial charge in [-0.25, -0.2) is 9.18 Å². The van der Waals surface area contributed by atoms with E-state index in [2.05, 4.69) is 0 Å². The fourth-order valence-corrected chi connectivity index (χ4v) is 7.82. The van der Waals surface area contributed by atoms with Crippen molar-refractivity contribution in [1.29, 1.82) is 0 Å². The number of amides is 1. The summed E-state index contributed by atoms with van der Waals surface area (Å²) in [5.74, 6) is 0.0644. The third-order valence-corrected chi connectivity index (χ3v) is 10.6. The minimum atomic E-state index is -0.570. The summed E-state index contributed by atoms with van der Waals surface area (Å²) in [7, 11) is 3.31. The van der Waals surface area contributed by atoms with Crippen molar-refractivity contribution in [1.82, 2.24) is 4.90 Å². The molecule has 0 bridgehead atoms. The number of hydrogen-bond donors (Lipinski definition) is 1. The Hall–Kier alpha value is -2.82. The lowest BCUT2D eigenvalue weighted by molar-refractivity contribution is -0.143. The van der Waals surface area contributed by atoms with Gasteiger partial charge < -0.3 is 29.3 Å². The molecular formula is C35H49FN2O7. The van der Waals surface area contributed by atoms with E-state index in [-0.39, 0.29) is 60.4 Å². The van der Waals surface area contributed by atoms with Gasteiger partial charge in [-0.3, -0.25) is 9.59 Å². The molecule has 1 aromatic heterocycles. The molecule has 2 heterocycles. The number of methoxy groups -OCH3 is 2. The maximum Gasteiger partial charge on any atom is 0.374 e. The molecule has 9 nitrogen and oxygen atoms in total. The fraction of sp³-hybridized carbons (Fsp3) is 0.686. The number of hydrogen-bond acceptors (Lipinski definition) is 8. The molecule has 4 atom stereocenters. The number of alkyl halides is 1. The van der Waals surface area contributed by atoms with Crippen LogP contribution in [0.25, 0.3) is 11.0 Å².